The van der Waals surface area contributed by atoms with Gasteiger partial charge in [-0.2, -0.15) is 0 Å². The number of pyridine rings is 4. The highest BCUT2D eigenvalue weighted by Crippen LogP contribution is 2.32. The number of hydrogen-bond acceptors (Lipinski definition) is 16. The first-order chi connectivity index (χ1) is 41.7. The third kappa shape index (κ3) is 16.1. The molecule has 0 radical (unpaired) electrons. The van der Waals surface area contributed by atoms with E-state index in [-0.39, 0.29) is 0 Å². The summed E-state index contributed by atoms with van der Waals surface area (Å²) in [7, 11) is 0. The van der Waals surface area contributed by atoms with E-state index >= 15 is 0 Å². The molecule has 20 rings (SSSR count). The van der Waals surface area contributed by atoms with Crippen LogP contribution in [0.25, 0.3) is 88.6 Å². The lowest BCUT2D eigenvalue weighted by atomic mass is 10.1. The summed E-state index contributed by atoms with van der Waals surface area (Å²) in [5.74, 6) is 3.01. The molecule has 16 bridgehead atoms. The van der Waals surface area contributed by atoms with Gasteiger partial charge in [0.2, 0.25) is 0 Å². The van der Waals surface area contributed by atoms with Gasteiger partial charge >= 0.3 is 0 Å². The van der Waals surface area contributed by atoms with Crippen molar-refractivity contribution in [1.29, 1.82) is 0 Å². The molecule has 0 aliphatic carbocycles. The highest BCUT2D eigenvalue weighted by molar-refractivity contribution is 6.05. The Kier molecular flexibility index (Phi) is 20.9. The number of rotatable bonds is 0. The van der Waals surface area contributed by atoms with Crippen LogP contribution in [0.4, 0.5) is 0 Å². The Morgan fingerprint density at radius 3 is 0.536 bits per heavy atom. The monoisotopic (exact) mass is 1130 g/mol. The van der Waals surface area contributed by atoms with Crippen LogP contribution in [-0.2, 0) is 37.9 Å². The van der Waals surface area contributed by atoms with Gasteiger partial charge in [-0.15, -0.1) is 0 Å². The predicted molar refractivity (Wildman–Crippen MR) is 324 cm³/mol. The topological polar surface area (TPSA) is 162 Å². The molecule has 0 spiro atoms. The molecule has 10 aromatic rings. The average molecular weight is 1130 g/mol. The van der Waals surface area contributed by atoms with E-state index in [9.17, 15) is 0 Å². The molecule has 10 aliphatic heterocycles. The maximum Gasteiger partial charge on any atom is 0.119 e. The van der Waals surface area contributed by atoms with Crippen LogP contribution in [0.1, 0.15) is 0 Å². The van der Waals surface area contributed by atoms with Gasteiger partial charge < -0.3 is 56.8 Å². The zero-order valence-corrected chi connectivity index (χ0v) is 47.0. The number of aromatic nitrogens is 4. The molecule has 6 aromatic carbocycles. The first kappa shape index (κ1) is 57.6. The summed E-state index contributed by atoms with van der Waals surface area (Å²) in [5.41, 5.74) is 10.7. The van der Waals surface area contributed by atoms with Crippen LogP contribution in [0, 0.1) is 0 Å². The molecule has 16 heteroatoms. The van der Waals surface area contributed by atoms with Gasteiger partial charge in [0.05, 0.1) is 151 Å². The van der Waals surface area contributed by atoms with Gasteiger partial charge in [0.25, 0.3) is 0 Å². The number of ether oxygens (including phenoxy) is 12. The van der Waals surface area contributed by atoms with Gasteiger partial charge in [0.1, 0.15) is 49.4 Å². The summed E-state index contributed by atoms with van der Waals surface area (Å²) in [4.78, 5) is 20.5. The Balaban J connectivity index is 0.651. The highest BCUT2D eigenvalue weighted by atomic mass is 16.6. The largest absolute Gasteiger partial charge is 0.491 e. The Labute approximate surface area is 488 Å². The molecular weight excluding hydrogens is 1060 g/mol. The highest BCUT2D eigenvalue weighted by Gasteiger charge is 2.13. The molecule has 0 fully saturated rings. The molecule has 0 saturated heterocycles. The average Bonchev–Trinajstić information content (AvgIpc) is 2.28. The van der Waals surface area contributed by atoms with Crippen molar-refractivity contribution in [2.24, 2.45) is 0 Å². The van der Waals surface area contributed by atoms with Crippen LogP contribution in [0.2, 0.25) is 0 Å². The molecule has 4 aromatic heterocycles. The van der Waals surface area contributed by atoms with E-state index in [2.05, 4.69) is 48.5 Å². The van der Waals surface area contributed by atoms with Gasteiger partial charge in [-0.3, -0.25) is 0 Å². The van der Waals surface area contributed by atoms with Gasteiger partial charge in [-0.25, -0.2) is 19.9 Å². The molecule has 14 heterocycles. The third-order valence-corrected chi connectivity index (χ3v) is 13.9. The van der Waals surface area contributed by atoms with Gasteiger partial charge in [-0.1, -0.05) is 48.5 Å². The lowest BCUT2D eigenvalue weighted by Gasteiger charge is -2.11. The molecule has 16 nitrogen and oxygen atoms in total. The van der Waals surface area contributed by atoms with Crippen LogP contribution in [0.3, 0.4) is 0 Å². The Hall–Kier alpha value is -8.16. The van der Waals surface area contributed by atoms with Crippen LogP contribution in [0.15, 0.2) is 170 Å². The summed E-state index contributed by atoms with van der Waals surface area (Å²) >= 11 is 0. The standard InChI is InChI=1S/C68H68N4O12/c1-2-54-14-26-62-50-7-19-58(20-8-50)82-46-42-78-38-34-74-31-32-76-36-40-80-44-48-84-60-23-11-52(12-24-60)64-28-16-56-4-3-55-15-27-63(71-67(55)68(56)72-64)51-9-21-59(22-10-51)83-47-43-79-39-35-75-30-29-73-33-37-77-41-45-81-57-17-5-49(6-18-57)61-25-13-53(1)65(69-61)66(54)70-62/h1-28H,29-48H2. The molecule has 432 valence electrons. The summed E-state index contributed by atoms with van der Waals surface area (Å²) in [6.07, 6.45) is 0. The number of benzene rings is 6. The summed E-state index contributed by atoms with van der Waals surface area (Å²) in [5, 5.41) is 4.07. The summed E-state index contributed by atoms with van der Waals surface area (Å²) < 4.78 is 69.5. The van der Waals surface area contributed by atoms with E-state index in [4.69, 9.17) is 76.8 Å². The van der Waals surface area contributed by atoms with Crippen LogP contribution in [0.5, 0.6) is 23.0 Å². The summed E-state index contributed by atoms with van der Waals surface area (Å²) in [6.45, 7) is 8.97. The second-order valence-corrected chi connectivity index (χ2v) is 19.6. The van der Waals surface area contributed by atoms with E-state index in [1.165, 1.54) is 0 Å². The maximum atomic E-state index is 5.96. The zero-order chi connectivity index (χ0) is 56.8. The van der Waals surface area contributed by atoms with Crippen LogP contribution in [-0.4, -0.2) is 152 Å². The van der Waals surface area contributed by atoms with E-state index < -0.39 is 0 Å². The zero-order valence-electron chi connectivity index (χ0n) is 47.0. The molecule has 10 aliphatic rings. The fourth-order valence-electron chi connectivity index (χ4n) is 9.46. The Bertz CT molecular complexity index is 3180. The summed E-state index contributed by atoms with van der Waals surface area (Å²) in [6, 6.07) is 56.7. The molecule has 0 atom stereocenters. The van der Waals surface area contributed by atoms with Crippen molar-refractivity contribution in [3.05, 3.63) is 170 Å². The van der Waals surface area contributed by atoms with Gasteiger partial charge in [-0.05, 0) is 121 Å². The molecule has 84 heavy (non-hydrogen) atoms. The minimum Gasteiger partial charge on any atom is -0.491 e. The van der Waals surface area contributed by atoms with Crippen molar-refractivity contribution >= 4 is 43.6 Å². The Morgan fingerprint density at radius 2 is 0.345 bits per heavy atom. The normalized spacial score (nSPS) is 16.1. The lowest BCUT2D eigenvalue weighted by Crippen LogP contribution is -2.14. The second-order valence-electron chi connectivity index (χ2n) is 19.6. The van der Waals surface area contributed by atoms with Crippen molar-refractivity contribution in [2.45, 2.75) is 0 Å². The SMILES string of the molecule is c1cc2ccc1OCCOCCOCCOCCOCCOc1ccc(cc1)-c1ccc3ccc4ccc(nc4c3n1)-c1ccc(cc1)OCCOCCOCCOCCOCCOc1ccc(cc1)-c1ccc3ccc4ccc-2nc4c3n1. The second kappa shape index (κ2) is 30.4. The van der Waals surface area contributed by atoms with Crippen molar-refractivity contribution in [3.8, 4) is 68.0 Å². The van der Waals surface area contributed by atoms with E-state index in [0.29, 0.717) is 132 Å². The minimum absolute atomic E-state index is 0.415. The van der Waals surface area contributed by atoms with Crippen molar-refractivity contribution in [1.82, 2.24) is 19.9 Å². The smallest absolute Gasteiger partial charge is 0.119 e. The third-order valence-electron chi connectivity index (χ3n) is 13.9. The molecule has 0 saturated carbocycles. The number of hydrogen-bond donors (Lipinski definition) is 0. The van der Waals surface area contributed by atoms with E-state index in [0.717, 1.165) is 112 Å². The molecule has 0 amide bonds. The van der Waals surface area contributed by atoms with Gasteiger partial charge in [0.15, 0.2) is 0 Å². The molecule has 0 unspecified atom stereocenters. The fourth-order valence-corrected chi connectivity index (χ4v) is 9.46. The van der Waals surface area contributed by atoms with Crippen molar-refractivity contribution < 1.29 is 56.8 Å². The fraction of sp³-hybridized carbons (Fsp3) is 0.294. The van der Waals surface area contributed by atoms with Crippen LogP contribution < -0.4 is 18.9 Å². The maximum absolute atomic E-state index is 5.96. The van der Waals surface area contributed by atoms with Crippen LogP contribution >= 0.6 is 0 Å². The Morgan fingerprint density at radius 1 is 0.179 bits per heavy atom. The van der Waals surface area contributed by atoms with E-state index in [1.807, 2.05) is 121 Å². The van der Waals surface area contributed by atoms with Crippen molar-refractivity contribution in [2.75, 3.05) is 132 Å². The van der Waals surface area contributed by atoms with E-state index in [1.54, 1.807) is 0 Å². The number of nitrogens with zero attached hydrogens (tertiary/aromatic N) is 4. The quantitative estimate of drug-likeness (QED) is 0.132. The van der Waals surface area contributed by atoms with Gasteiger partial charge in [0, 0.05) is 43.8 Å². The van der Waals surface area contributed by atoms with Crippen molar-refractivity contribution in [3.63, 3.8) is 0 Å². The first-order valence-corrected chi connectivity index (χ1v) is 28.6. The lowest BCUT2D eigenvalue weighted by molar-refractivity contribution is -0.00698. The molecular formula is C68H68N4O12. The molecule has 0 N–H and O–H groups in total. The first-order valence-electron chi connectivity index (χ1n) is 28.6. The predicted octanol–water partition coefficient (Wildman–Crippen LogP) is 11.9. The minimum atomic E-state index is 0.415.